The van der Waals surface area contributed by atoms with Crippen molar-refractivity contribution >= 4 is 29.1 Å². The molecular formula is C19H20ClFN2O2. The molecule has 2 aromatic carbocycles. The maximum Gasteiger partial charge on any atom is 0.251 e. The lowest BCUT2D eigenvalue weighted by atomic mass is 10.0. The summed E-state index contributed by atoms with van der Waals surface area (Å²) in [6.45, 7) is 5.55. The SMILES string of the molecule is Cc1ccc(NC(=O)C(NC(=O)c2ccc(F)cc2)C(C)C)c(Cl)c1. The van der Waals surface area contributed by atoms with Gasteiger partial charge in [-0.25, -0.2) is 4.39 Å². The molecule has 0 aromatic heterocycles. The van der Waals surface area contributed by atoms with Crippen LogP contribution in [0, 0.1) is 18.7 Å². The maximum absolute atomic E-state index is 13.0. The van der Waals surface area contributed by atoms with Crippen LogP contribution in [0.25, 0.3) is 0 Å². The largest absolute Gasteiger partial charge is 0.340 e. The molecule has 2 rings (SSSR count). The molecule has 0 bridgehead atoms. The average molecular weight is 363 g/mol. The highest BCUT2D eigenvalue weighted by Gasteiger charge is 2.25. The molecule has 0 aliphatic rings. The van der Waals surface area contributed by atoms with Gasteiger partial charge in [-0.05, 0) is 54.8 Å². The summed E-state index contributed by atoms with van der Waals surface area (Å²) in [6.07, 6.45) is 0. The highest BCUT2D eigenvalue weighted by molar-refractivity contribution is 6.33. The van der Waals surface area contributed by atoms with Gasteiger partial charge in [0.2, 0.25) is 5.91 Å². The highest BCUT2D eigenvalue weighted by Crippen LogP contribution is 2.23. The monoisotopic (exact) mass is 362 g/mol. The van der Waals surface area contributed by atoms with Crippen LogP contribution in [0.4, 0.5) is 10.1 Å². The third-order valence-electron chi connectivity index (χ3n) is 3.72. The number of carbonyl (C=O) groups excluding carboxylic acids is 2. The van der Waals surface area contributed by atoms with E-state index < -0.39 is 17.8 Å². The molecule has 1 unspecified atom stereocenters. The zero-order valence-corrected chi connectivity index (χ0v) is 15.0. The van der Waals surface area contributed by atoms with Gasteiger partial charge in [-0.15, -0.1) is 0 Å². The van der Waals surface area contributed by atoms with Crippen LogP contribution in [-0.2, 0) is 4.79 Å². The summed E-state index contributed by atoms with van der Waals surface area (Å²) in [7, 11) is 0. The minimum Gasteiger partial charge on any atom is -0.340 e. The predicted molar refractivity (Wildman–Crippen MR) is 97.3 cm³/mol. The van der Waals surface area contributed by atoms with Gasteiger partial charge < -0.3 is 10.6 Å². The molecular weight excluding hydrogens is 343 g/mol. The second kappa shape index (κ2) is 8.12. The maximum atomic E-state index is 13.0. The summed E-state index contributed by atoms with van der Waals surface area (Å²) >= 11 is 6.14. The van der Waals surface area contributed by atoms with Gasteiger partial charge in [0.1, 0.15) is 11.9 Å². The number of halogens is 2. The summed E-state index contributed by atoms with van der Waals surface area (Å²) in [5.41, 5.74) is 1.75. The molecule has 0 aliphatic carbocycles. The van der Waals surface area contributed by atoms with Crippen molar-refractivity contribution < 1.29 is 14.0 Å². The first-order chi connectivity index (χ1) is 11.8. The number of amides is 2. The van der Waals surface area contributed by atoms with Crippen molar-refractivity contribution in [1.82, 2.24) is 5.32 Å². The van der Waals surface area contributed by atoms with Crippen LogP contribution < -0.4 is 10.6 Å². The van der Waals surface area contributed by atoms with E-state index >= 15 is 0 Å². The van der Waals surface area contributed by atoms with Crippen molar-refractivity contribution in [3.63, 3.8) is 0 Å². The van der Waals surface area contributed by atoms with Gasteiger partial charge in [0.05, 0.1) is 10.7 Å². The van der Waals surface area contributed by atoms with Crippen LogP contribution in [0.2, 0.25) is 5.02 Å². The molecule has 0 saturated heterocycles. The van der Waals surface area contributed by atoms with Crippen molar-refractivity contribution in [1.29, 1.82) is 0 Å². The van der Waals surface area contributed by atoms with E-state index in [1.165, 1.54) is 24.3 Å². The fourth-order valence-electron chi connectivity index (χ4n) is 2.29. The number of hydrogen-bond donors (Lipinski definition) is 2. The lowest BCUT2D eigenvalue weighted by Crippen LogP contribution is -2.47. The van der Waals surface area contributed by atoms with Crippen LogP contribution >= 0.6 is 11.6 Å². The number of aryl methyl sites for hydroxylation is 1. The molecule has 2 amide bonds. The van der Waals surface area contributed by atoms with Gasteiger partial charge >= 0.3 is 0 Å². The van der Waals surface area contributed by atoms with E-state index in [-0.39, 0.29) is 17.4 Å². The van der Waals surface area contributed by atoms with E-state index in [0.29, 0.717) is 10.7 Å². The molecule has 0 heterocycles. The number of benzene rings is 2. The van der Waals surface area contributed by atoms with Gasteiger partial charge in [0.25, 0.3) is 5.91 Å². The predicted octanol–water partition coefficient (Wildman–Crippen LogP) is 4.18. The lowest BCUT2D eigenvalue weighted by Gasteiger charge is -2.22. The van der Waals surface area contributed by atoms with E-state index in [1.54, 1.807) is 12.1 Å². The standard InChI is InChI=1S/C19H20ClFN2O2/c1-11(2)17(23-18(24)13-5-7-14(21)8-6-13)19(25)22-16-9-4-12(3)10-15(16)20/h4-11,17H,1-3H3,(H,22,25)(H,23,24). The molecule has 2 N–H and O–H groups in total. The molecule has 0 spiro atoms. The molecule has 0 saturated carbocycles. The number of nitrogens with one attached hydrogen (secondary N) is 2. The van der Waals surface area contributed by atoms with Crippen molar-refractivity contribution in [3.05, 3.63) is 64.4 Å². The topological polar surface area (TPSA) is 58.2 Å². The fourth-order valence-corrected chi connectivity index (χ4v) is 2.58. The molecule has 25 heavy (non-hydrogen) atoms. The first-order valence-corrected chi connectivity index (χ1v) is 8.29. The first-order valence-electron chi connectivity index (χ1n) is 7.91. The summed E-state index contributed by atoms with van der Waals surface area (Å²) < 4.78 is 13.0. The zero-order valence-electron chi connectivity index (χ0n) is 14.3. The van der Waals surface area contributed by atoms with E-state index in [4.69, 9.17) is 11.6 Å². The third kappa shape index (κ3) is 5.03. The van der Waals surface area contributed by atoms with Crippen molar-refractivity contribution in [3.8, 4) is 0 Å². The summed E-state index contributed by atoms with van der Waals surface area (Å²) in [5.74, 6) is -1.38. The minimum absolute atomic E-state index is 0.145. The Balaban J connectivity index is 2.12. The normalized spacial score (nSPS) is 11.9. The minimum atomic E-state index is -0.755. The van der Waals surface area contributed by atoms with E-state index in [1.807, 2.05) is 26.8 Å². The Morgan fingerprint density at radius 1 is 1.08 bits per heavy atom. The smallest absolute Gasteiger partial charge is 0.251 e. The van der Waals surface area contributed by atoms with E-state index in [0.717, 1.165) is 5.56 Å². The second-order valence-electron chi connectivity index (χ2n) is 6.17. The van der Waals surface area contributed by atoms with Crippen molar-refractivity contribution in [2.24, 2.45) is 5.92 Å². The van der Waals surface area contributed by atoms with Gasteiger partial charge in [-0.1, -0.05) is 31.5 Å². The van der Waals surface area contributed by atoms with Crippen LogP contribution in [-0.4, -0.2) is 17.9 Å². The Labute approximate surface area is 151 Å². The Hall–Kier alpha value is -2.40. The Bertz CT molecular complexity index is 775. The average Bonchev–Trinajstić information content (AvgIpc) is 2.55. The molecule has 0 fully saturated rings. The van der Waals surface area contributed by atoms with E-state index in [9.17, 15) is 14.0 Å². The van der Waals surface area contributed by atoms with Gasteiger partial charge in [0.15, 0.2) is 0 Å². The van der Waals surface area contributed by atoms with Crippen molar-refractivity contribution in [2.75, 3.05) is 5.32 Å². The summed E-state index contributed by atoms with van der Waals surface area (Å²) in [5, 5.41) is 5.86. The van der Waals surface area contributed by atoms with Crippen LogP contribution in [0.15, 0.2) is 42.5 Å². The van der Waals surface area contributed by atoms with Crippen LogP contribution in [0.3, 0.4) is 0 Å². The molecule has 132 valence electrons. The quantitative estimate of drug-likeness (QED) is 0.838. The molecule has 4 nitrogen and oxygen atoms in total. The number of anilines is 1. The molecule has 6 heteroatoms. The molecule has 2 aromatic rings. The highest BCUT2D eigenvalue weighted by atomic mass is 35.5. The zero-order chi connectivity index (χ0) is 18.6. The Kier molecular flexibility index (Phi) is 6.15. The first kappa shape index (κ1) is 18.9. The molecule has 1 atom stereocenters. The number of hydrogen-bond acceptors (Lipinski definition) is 2. The summed E-state index contributed by atoms with van der Waals surface area (Å²) in [6, 6.07) is 9.69. The third-order valence-corrected chi connectivity index (χ3v) is 4.04. The van der Waals surface area contributed by atoms with Crippen LogP contribution in [0.5, 0.6) is 0 Å². The van der Waals surface area contributed by atoms with Crippen molar-refractivity contribution in [2.45, 2.75) is 26.8 Å². The second-order valence-corrected chi connectivity index (χ2v) is 6.58. The number of carbonyl (C=O) groups is 2. The lowest BCUT2D eigenvalue weighted by molar-refractivity contribution is -0.118. The Morgan fingerprint density at radius 2 is 1.72 bits per heavy atom. The summed E-state index contributed by atoms with van der Waals surface area (Å²) in [4.78, 5) is 24.9. The van der Waals surface area contributed by atoms with E-state index in [2.05, 4.69) is 10.6 Å². The van der Waals surface area contributed by atoms with Gasteiger partial charge in [0, 0.05) is 5.56 Å². The molecule has 0 radical (unpaired) electrons. The Morgan fingerprint density at radius 3 is 2.28 bits per heavy atom. The number of rotatable bonds is 5. The van der Waals surface area contributed by atoms with Gasteiger partial charge in [-0.3, -0.25) is 9.59 Å². The molecule has 0 aliphatic heterocycles. The fraction of sp³-hybridized carbons (Fsp3) is 0.263. The van der Waals surface area contributed by atoms with Crippen LogP contribution in [0.1, 0.15) is 29.8 Å². The van der Waals surface area contributed by atoms with Gasteiger partial charge in [-0.2, -0.15) is 0 Å².